The number of benzene rings is 2. The predicted molar refractivity (Wildman–Crippen MR) is 92.9 cm³/mol. The number of hydrogen-bond acceptors (Lipinski definition) is 5. The predicted octanol–water partition coefficient (Wildman–Crippen LogP) is 3.82. The van der Waals surface area contributed by atoms with Gasteiger partial charge < -0.3 is 4.74 Å². The van der Waals surface area contributed by atoms with Crippen LogP contribution < -0.4 is 4.74 Å². The molecule has 3 rings (SSSR count). The monoisotopic (exact) mass is 359 g/mol. The number of nitro groups is 1. The zero-order chi connectivity index (χ0) is 18.1. The Morgan fingerprint density at radius 2 is 1.92 bits per heavy atom. The van der Waals surface area contributed by atoms with Crippen LogP contribution in [0.15, 0.2) is 36.4 Å². The molecule has 0 aliphatic carbocycles. The number of hydrogen-bond donors (Lipinski definition) is 0. The summed E-state index contributed by atoms with van der Waals surface area (Å²) >= 11 is 6.15. The molecule has 1 aromatic heterocycles. The van der Waals surface area contributed by atoms with Crippen molar-refractivity contribution >= 4 is 34.0 Å². The van der Waals surface area contributed by atoms with Gasteiger partial charge in [-0.1, -0.05) is 35.9 Å². The van der Waals surface area contributed by atoms with Crippen molar-refractivity contribution in [2.45, 2.75) is 20.4 Å². The summed E-state index contributed by atoms with van der Waals surface area (Å²) in [5, 5.41) is 17.1. The lowest BCUT2D eigenvalue weighted by Crippen LogP contribution is -2.18. The molecule has 0 atom stereocenters. The molecule has 1 heterocycles. The molecule has 0 aliphatic rings. The van der Waals surface area contributed by atoms with Gasteiger partial charge in [0, 0.05) is 15.8 Å². The molecular formula is C17H14ClN3O4. The van der Waals surface area contributed by atoms with Crippen molar-refractivity contribution in [3.05, 3.63) is 62.9 Å². The van der Waals surface area contributed by atoms with Gasteiger partial charge in [0.2, 0.25) is 0 Å². The van der Waals surface area contributed by atoms with Crippen molar-refractivity contribution in [3.63, 3.8) is 0 Å². The lowest BCUT2D eigenvalue weighted by atomic mass is 10.1. The number of ether oxygens (including phenoxy) is 1. The number of nitrogens with zero attached hydrogens (tertiary/aromatic N) is 3. The smallest absolute Gasteiger partial charge is 0.333 e. The van der Waals surface area contributed by atoms with E-state index in [9.17, 15) is 14.9 Å². The molecule has 25 heavy (non-hydrogen) atoms. The molecule has 0 saturated heterocycles. The maximum absolute atomic E-state index is 12.3. The van der Waals surface area contributed by atoms with E-state index >= 15 is 0 Å². The van der Waals surface area contributed by atoms with Gasteiger partial charge in [0.15, 0.2) is 0 Å². The van der Waals surface area contributed by atoms with Gasteiger partial charge in [0.25, 0.3) is 0 Å². The van der Waals surface area contributed by atoms with Gasteiger partial charge in [0.05, 0.1) is 4.92 Å². The van der Waals surface area contributed by atoms with Crippen LogP contribution in [0.5, 0.6) is 5.75 Å². The van der Waals surface area contributed by atoms with E-state index in [2.05, 4.69) is 5.10 Å². The average molecular weight is 360 g/mol. The fraction of sp³-hybridized carbons (Fsp3) is 0.176. The van der Waals surface area contributed by atoms with Crippen molar-refractivity contribution in [2.75, 3.05) is 0 Å². The maximum Gasteiger partial charge on any atom is 0.333 e. The summed E-state index contributed by atoms with van der Waals surface area (Å²) in [6.07, 6.45) is 0. The first-order chi connectivity index (χ1) is 11.9. The third kappa shape index (κ3) is 3.18. The van der Waals surface area contributed by atoms with Crippen LogP contribution in [0.25, 0.3) is 10.8 Å². The molecule has 0 fully saturated rings. The number of aryl methyl sites for hydroxylation is 1. The molecule has 0 amide bonds. The number of fused-ring (bicyclic) bond motifs is 1. The molecule has 8 heteroatoms. The van der Waals surface area contributed by atoms with Gasteiger partial charge in [-0.05, 0) is 26.0 Å². The topological polar surface area (TPSA) is 87.3 Å². The fourth-order valence-electron chi connectivity index (χ4n) is 2.71. The Labute approximate surface area is 147 Å². The summed E-state index contributed by atoms with van der Waals surface area (Å²) in [7, 11) is 0. The second kappa shape index (κ2) is 6.52. The summed E-state index contributed by atoms with van der Waals surface area (Å²) in [5.41, 5.74) is 0.470. The van der Waals surface area contributed by atoms with Crippen LogP contribution in [0.2, 0.25) is 5.02 Å². The Morgan fingerprint density at radius 1 is 1.24 bits per heavy atom. The third-order valence-electron chi connectivity index (χ3n) is 3.86. The van der Waals surface area contributed by atoms with E-state index in [4.69, 9.17) is 16.3 Å². The first kappa shape index (κ1) is 16.9. The summed E-state index contributed by atoms with van der Waals surface area (Å²) in [5.74, 6) is -0.200. The first-order valence-corrected chi connectivity index (χ1v) is 7.82. The quantitative estimate of drug-likeness (QED) is 0.306. The largest absolute Gasteiger partial charge is 0.424 e. The highest BCUT2D eigenvalue weighted by molar-refractivity contribution is 6.35. The Bertz CT molecular complexity index is 997. The van der Waals surface area contributed by atoms with Crippen LogP contribution in [0.1, 0.15) is 11.4 Å². The molecule has 0 unspecified atom stereocenters. The Morgan fingerprint density at radius 3 is 2.56 bits per heavy atom. The number of carbonyl (C=O) groups excluding carboxylic acids is 1. The van der Waals surface area contributed by atoms with Crippen molar-refractivity contribution in [1.29, 1.82) is 0 Å². The van der Waals surface area contributed by atoms with Crippen LogP contribution in [0.3, 0.4) is 0 Å². The lowest BCUT2D eigenvalue weighted by molar-refractivity contribution is -0.386. The molecule has 0 radical (unpaired) electrons. The zero-order valence-corrected chi connectivity index (χ0v) is 14.3. The molecule has 0 N–H and O–H groups in total. The van der Waals surface area contributed by atoms with Crippen LogP contribution in [0.4, 0.5) is 5.69 Å². The van der Waals surface area contributed by atoms with E-state index in [1.54, 1.807) is 25.1 Å². The maximum atomic E-state index is 12.3. The summed E-state index contributed by atoms with van der Waals surface area (Å²) in [6, 6.07) is 10.6. The first-order valence-electron chi connectivity index (χ1n) is 7.45. The number of aromatic nitrogens is 2. The van der Waals surface area contributed by atoms with E-state index in [0.717, 1.165) is 5.39 Å². The van der Waals surface area contributed by atoms with Crippen LogP contribution >= 0.6 is 11.6 Å². The molecule has 7 nitrogen and oxygen atoms in total. The minimum Gasteiger partial charge on any atom is -0.424 e. The average Bonchev–Trinajstić information content (AvgIpc) is 2.84. The van der Waals surface area contributed by atoms with Crippen molar-refractivity contribution in [2.24, 2.45) is 0 Å². The van der Waals surface area contributed by atoms with E-state index in [-0.39, 0.29) is 17.9 Å². The number of esters is 1. The molecule has 128 valence electrons. The summed E-state index contributed by atoms with van der Waals surface area (Å²) in [6.45, 7) is 2.85. The number of halogens is 1. The third-order valence-corrected chi connectivity index (χ3v) is 4.19. The standard InChI is InChI=1S/C17H14ClN3O4/c1-10-17(21(23)24)11(2)20(19-10)9-16(22)25-15-8-7-14(18)12-5-3-4-6-13(12)15/h3-8H,9H2,1-2H3. The molecule has 2 aromatic carbocycles. The van der Waals surface area contributed by atoms with Crippen molar-refractivity contribution < 1.29 is 14.5 Å². The Kier molecular flexibility index (Phi) is 4.41. The van der Waals surface area contributed by atoms with Gasteiger partial charge in [-0.3, -0.25) is 14.8 Å². The molecule has 0 aliphatic heterocycles. The second-order valence-corrected chi connectivity index (χ2v) is 5.91. The normalized spacial score (nSPS) is 10.8. The van der Waals surface area contributed by atoms with E-state index < -0.39 is 10.9 Å². The number of rotatable bonds is 4. The highest BCUT2D eigenvalue weighted by Crippen LogP contribution is 2.31. The van der Waals surface area contributed by atoms with E-state index in [1.807, 2.05) is 18.2 Å². The highest BCUT2D eigenvalue weighted by atomic mass is 35.5. The van der Waals surface area contributed by atoms with Crippen LogP contribution in [-0.4, -0.2) is 20.7 Å². The highest BCUT2D eigenvalue weighted by Gasteiger charge is 2.23. The van der Waals surface area contributed by atoms with Gasteiger partial charge in [-0.25, -0.2) is 4.79 Å². The minimum atomic E-state index is -0.576. The minimum absolute atomic E-state index is 0.0928. The molecule has 0 saturated carbocycles. The zero-order valence-electron chi connectivity index (χ0n) is 13.5. The van der Waals surface area contributed by atoms with Crippen molar-refractivity contribution in [3.8, 4) is 5.75 Å². The summed E-state index contributed by atoms with van der Waals surface area (Å²) in [4.78, 5) is 22.8. The molecular weight excluding hydrogens is 346 g/mol. The second-order valence-electron chi connectivity index (χ2n) is 5.50. The van der Waals surface area contributed by atoms with E-state index in [1.165, 1.54) is 11.6 Å². The summed E-state index contributed by atoms with van der Waals surface area (Å²) < 4.78 is 6.69. The van der Waals surface area contributed by atoms with Crippen LogP contribution in [-0.2, 0) is 11.3 Å². The lowest BCUT2D eigenvalue weighted by Gasteiger charge is -2.09. The van der Waals surface area contributed by atoms with Gasteiger partial charge in [0.1, 0.15) is 23.7 Å². The molecule has 3 aromatic rings. The van der Waals surface area contributed by atoms with E-state index in [0.29, 0.717) is 21.9 Å². The van der Waals surface area contributed by atoms with Gasteiger partial charge in [-0.2, -0.15) is 5.10 Å². The van der Waals surface area contributed by atoms with Gasteiger partial charge in [-0.15, -0.1) is 0 Å². The molecule has 0 bridgehead atoms. The fourth-order valence-corrected chi connectivity index (χ4v) is 2.93. The van der Waals surface area contributed by atoms with Crippen molar-refractivity contribution in [1.82, 2.24) is 9.78 Å². The Hall–Kier alpha value is -2.93. The van der Waals surface area contributed by atoms with Gasteiger partial charge >= 0.3 is 11.7 Å². The number of carbonyl (C=O) groups is 1. The van der Waals surface area contributed by atoms with Crippen LogP contribution in [0, 0.1) is 24.0 Å². The Balaban J connectivity index is 1.86. The molecule has 0 spiro atoms. The SMILES string of the molecule is Cc1nn(CC(=O)Oc2ccc(Cl)c3ccccc23)c(C)c1[N+](=O)[O-].